The monoisotopic (exact) mass is 304 g/mol. The fraction of sp³-hybridized carbons (Fsp3) is 0.529. The average molecular weight is 304 g/mol. The molecule has 21 heavy (non-hydrogen) atoms. The van der Waals surface area contributed by atoms with Crippen LogP contribution in [0.25, 0.3) is 0 Å². The zero-order chi connectivity index (χ0) is 15.8. The van der Waals surface area contributed by atoms with E-state index in [-0.39, 0.29) is 10.8 Å². The molecule has 1 heterocycles. The van der Waals surface area contributed by atoms with E-state index in [1.807, 2.05) is 12.1 Å². The molecule has 0 saturated carbocycles. The summed E-state index contributed by atoms with van der Waals surface area (Å²) in [5, 5.41) is 14.8. The molecule has 1 aromatic carbocycles. The number of rotatable bonds is 2. The Morgan fingerprint density at radius 3 is 2.00 bits per heavy atom. The van der Waals surface area contributed by atoms with Gasteiger partial charge in [0.25, 0.3) is 0 Å². The van der Waals surface area contributed by atoms with E-state index in [0.717, 1.165) is 16.1 Å². The highest BCUT2D eigenvalue weighted by Gasteiger charge is 2.27. The highest BCUT2D eigenvalue weighted by Crippen LogP contribution is 2.34. The first-order valence-electron chi connectivity index (χ1n) is 7.22. The summed E-state index contributed by atoms with van der Waals surface area (Å²) in [7, 11) is 0. The van der Waals surface area contributed by atoms with Crippen molar-refractivity contribution in [1.29, 1.82) is 0 Å². The molecule has 1 N–H and O–H groups in total. The highest BCUT2D eigenvalue weighted by atomic mass is 32.1. The normalized spacial score (nSPS) is 14.2. The van der Waals surface area contributed by atoms with Gasteiger partial charge in [-0.15, -0.1) is 5.10 Å². The molecule has 0 saturated heterocycles. The second-order valence-corrected chi connectivity index (χ2v) is 8.30. The Bertz CT molecular complexity index is 603. The molecule has 4 heteroatoms. The second-order valence-electron chi connectivity index (χ2n) is 7.51. The van der Waals surface area contributed by atoms with Crippen LogP contribution in [0.2, 0.25) is 0 Å². The largest absolute Gasteiger partial charge is 0.383 e. The minimum Gasteiger partial charge on any atom is -0.383 e. The third-order valence-corrected chi connectivity index (χ3v) is 4.34. The molecule has 1 aromatic heterocycles. The molecule has 0 bridgehead atoms. The average Bonchev–Trinajstić information content (AvgIpc) is 2.86. The third-order valence-electron chi connectivity index (χ3n) is 3.56. The van der Waals surface area contributed by atoms with Gasteiger partial charge in [-0.25, -0.2) is 0 Å². The molecule has 114 valence electrons. The number of nitrogens with zero attached hydrogens (tertiary/aromatic N) is 2. The number of aliphatic hydroxyl groups excluding tert-OH is 1. The summed E-state index contributed by atoms with van der Waals surface area (Å²) in [6.45, 7) is 12.8. The van der Waals surface area contributed by atoms with Gasteiger partial charge in [-0.1, -0.05) is 70.3 Å². The Labute approximate surface area is 131 Å². The minimum absolute atomic E-state index is 0.116. The van der Waals surface area contributed by atoms with Crippen LogP contribution in [0.15, 0.2) is 24.3 Å². The molecule has 1 atom stereocenters. The molecule has 0 aliphatic rings. The van der Waals surface area contributed by atoms with E-state index < -0.39 is 6.10 Å². The van der Waals surface area contributed by atoms with Crippen molar-refractivity contribution in [3.63, 3.8) is 0 Å². The molecular weight excluding hydrogens is 280 g/mol. The van der Waals surface area contributed by atoms with Gasteiger partial charge in [0.15, 0.2) is 0 Å². The summed E-state index contributed by atoms with van der Waals surface area (Å²) in [5.41, 5.74) is 3.03. The zero-order valence-electron chi connectivity index (χ0n) is 13.6. The lowest BCUT2D eigenvalue weighted by atomic mass is 9.85. The highest BCUT2D eigenvalue weighted by molar-refractivity contribution is 7.05. The molecular formula is C17H24N2OS. The van der Waals surface area contributed by atoms with E-state index in [2.05, 4.69) is 63.3 Å². The topological polar surface area (TPSA) is 46.0 Å². The Kier molecular flexibility index (Phi) is 4.22. The third kappa shape index (κ3) is 3.50. The van der Waals surface area contributed by atoms with Gasteiger partial charge in [0, 0.05) is 5.41 Å². The Hall–Kier alpha value is -1.26. The van der Waals surface area contributed by atoms with Gasteiger partial charge in [0.1, 0.15) is 6.10 Å². The van der Waals surface area contributed by atoms with E-state index in [0.29, 0.717) is 0 Å². The fourth-order valence-electron chi connectivity index (χ4n) is 2.21. The van der Waals surface area contributed by atoms with Crippen LogP contribution in [0.3, 0.4) is 0 Å². The van der Waals surface area contributed by atoms with Gasteiger partial charge in [-0.3, -0.25) is 0 Å². The van der Waals surface area contributed by atoms with Crippen molar-refractivity contribution in [2.45, 2.75) is 58.5 Å². The molecule has 1 unspecified atom stereocenters. The number of hydrogen-bond donors (Lipinski definition) is 1. The lowest BCUT2D eigenvalue weighted by molar-refractivity contribution is 0.221. The maximum absolute atomic E-state index is 10.6. The van der Waals surface area contributed by atoms with Crippen LogP contribution in [0, 0.1) is 0 Å². The Morgan fingerprint density at radius 2 is 1.52 bits per heavy atom. The van der Waals surface area contributed by atoms with E-state index in [9.17, 15) is 5.11 Å². The van der Waals surface area contributed by atoms with Crippen LogP contribution >= 0.6 is 11.5 Å². The van der Waals surface area contributed by atoms with E-state index in [1.54, 1.807) is 0 Å². The lowest BCUT2D eigenvalue weighted by Gasteiger charge is -2.21. The number of aliphatic hydroxyl groups is 1. The van der Waals surface area contributed by atoms with Crippen LogP contribution in [-0.4, -0.2) is 14.7 Å². The summed E-state index contributed by atoms with van der Waals surface area (Å²) in [6, 6.07) is 8.17. The van der Waals surface area contributed by atoms with E-state index >= 15 is 0 Å². The van der Waals surface area contributed by atoms with Crippen molar-refractivity contribution < 1.29 is 5.11 Å². The number of hydrogen-bond acceptors (Lipinski definition) is 4. The Morgan fingerprint density at radius 1 is 0.952 bits per heavy atom. The van der Waals surface area contributed by atoms with Crippen molar-refractivity contribution >= 4 is 11.5 Å². The molecule has 0 radical (unpaired) electrons. The van der Waals surface area contributed by atoms with Gasteiger partial charge >= 0.3 is 0 Å². The van der Waals surface area contributed by atoms with Crippen molar-refractivity contribution in [2.75, 3.05) is 0 Å². The molecule has 2 aromatic rings. The fourth-order valence-corrected chi connectivity index (χ4v) is 3.09. The smallest absolute Gasteiger partial charge is 0.117 e. The van der Waals surface area contributed by atoms with Gasteiger partial charge < -0.3 is 5.11 Å². The molecule has 2 rings (SSSR count). The zero-order valence-corrected chi connectivity index (χ0v) is 14.5. The standard InChI is InChI=1S/C17H24N2OS/c1-16(2,3)12-9-7-11(8-10-12)13(20)14-15(17(4,5)6)18-19-21-14/h7-10,13,20H,1-6H3. The van der Waals surface area contributed by atoms with Gasteiger partial charge in [-0.2, -0.15) is 0 Å². The van der Waals surface area contributed by atoms with Crippen LogP contribution in [0.5, 0.6) is 0 Å². The van der Waals surface area contributed by atoms with E-state index in [1.165, 1.54) is 17.1 Å². The first-order valence-corrected chi connectivity index (χ1v) is 7.99. The van der Waals surface area contributed by atoms with Crippen molar-refractivity contribution in [1.82, 2.24) is 9.59 Å². The summed E-state index contributed by atoms with van der Waals surface area (Å²) >= 11 is 1.28. The first kappa shape index (κ1) is 16.1. The van der Waals surface area contributed by atoms with Gasteiger partial charge in [-0.05, 0) is 28.1 Å². The summed E-state index contributed by atoms with van der Waals surface area (Å²) < 4.78 is 4.02. The molecule has 0 aliphatic heterocycles. The van der Waals surface area contributed by atoms with E-state index in [4.69, 9.17) is 0 Å². The SMILES string of the molecule is CC(C)(C)c1ccc(C(O)c2snnc2C(C)(C)C)cc1. The predicted octanol–water partition coefficient (Wildman–Crippen LogP) is 4.21. The number of benzene rings is 1. The van der Waals surface area contributed by atoms with Crippen LogP contribution in [0.4, 0.5) is 0 Å². The lowest BCUT2D eigenvalue weighted by Crippen LogP contribution is -2.16. The van der Waals surface area contributed by atoms with Crippen molar-refractivity contribution in [2.24, 2.45) is 0 Å². The maximum Gasteiger partial charge on any atom is 0.117 e. The summed E-state index contributed by atoms with van der Waals surface area (Å²) in [4.78, 5) is 0.839. The number of aromatic nitrogens is 2. The summed E-state index contributed by atoms with van der Waals surface area (Å²) in [5.74, 6) is 0. The van der Waals surface area contributed by atoms with Crippen LogP contribution in [-0.2, 0) is 10.8 Å². The molecule has 0 amide bonds. The van der Waals surface area contributed by atoms with Gasteiger partial charge in [0.05, 0.1) is 10.6 Å². The molecule has 0 fully saturated rings. The second kappa shape index (κ2) is 5.50. The van der Waals surface area contributed by atoms with Crippen LogP contribution in [0.1, 0.15) is 69.3 Å². The molecule has 0 spiro atoms. The van der Waals surface area contributed by atoms with Gasteiger partial charge in [0.2, 0.25) is 0 Å². The first-order chi connectivity index (χ1) is 9.60. The van der Waals surface area contributed by atoms with Crippen molar-refractivity contribution in [3.8, 4) is 0 Å². The molecule has 3 nitrogen and oxygen atoms in total. The van der Waals surface area contributed by atoms with Crippen molar-refractivity contribution in [3.05, 3.63) is 46.0 Å². The predicted molar refractivity (Wildman–Crippen MR) is 87.8 cm³/mol. The Balaban J connectivity index is 2.33. The minimum atomic E-state index is -0.659. The molecule has 0 aliphatic carbocycles. The summed E-state index contributed by atoms with van der Waals surface area (Å²) in [6.07, 6.45) is -0.659. The van der Waals surface area contributed by atoms with Crippen LogP contribution < -0.4 is 0 Å². The maximum atomic E-state index is 10.6. The quantitative estimate of drug-likeness (QED) is 0.903.